The minimum Gasteiger partial charge on any atom is -0.739 e. The molecule has 2 atom stereocenters. The smallest absolute Gasteiger partial charge is 0.138 e. The lowest BCUT2D eigenvalue weighted by molar-refractivity contribution is -0.112. The van der Waals surface area contributed by atoms with E-state index in [1.807, 2.05) is 0 Å². The van der Waals surface area contributed by atoms with Gasteiger partial charge in [-0.1, -0.05) is 0 Å². The standard InChI is InChI=1S/C16H17N4O5/c1-16(2)15(21)14(19-5-4-9(23-3)8-20(19)22)10-6-11-12(18-25-17-11)7-13(10)24-16/h4-8,14-15,21H,1-3H3/q-1. The van der Waals surface area contributed by atoms with Crippen LogP contribution in [0.25, 0.3) is 11.0 Å². The van der Waals surface area contributed by atoms with E-state index in [1.165, 1.54) is 18.3 Å². The van der Waals surface area contributed by atoms with Crippen LogP contribution in [0.5, 0.6) is 5.75 Å². The monoisotopic (exact) mass is 345 g/mol. The molecular formula is C16H17N4O5-. The fraction of sp³-hybridized carbons (Fsp3) is 0.375. The normalized spacial score (nSPS) is 24.8. The maximum Gasteiger partial charge on any atom is 0.138 e. The summed E-state index contributed by atoms with van der Waals surface area (Å²) in [6.07, 6.45) is 3.54. The van der Waals surface area contributed by atoms with Crippen LogP contribution < -0.4 is 4.74 Å². The van der Waals surface area contributed by atoms with Gasteiger partial charge in [0.15, 0.2) is 0 Å². The topological polar surface area (TPSA) is 107 Å². The fourth-order valence-corrected chi connectivity index (χ4v) is 3.10. The molecule has 3 heterocycles. The number of nitrogens with zero attached hydrogens (tertiary/aromatic N) is 4. The van der Waals surface area contributed by atoms with Crippen LogP contribution in [0, 0.1) is 5.21 Å². The van der Waals surface area contributed by atoms with Gasteiger partial charge >= 0.3 is 0 Å². The second kappa shape index (κ2) is 5.36. The third-order valence-corrected chi connectivity index (χ3v) is 4.47. The molecule has 0 saturated carbocycles. The number of rotatable bonds is 2. The van der Waals surface area contributed by atoms with Gasteiger partial charge in [0.25, 0.3) is 0 Å². The molecule has 0 spiro atoms. The van der Waals surface area contributed by atoms with Crippen molar-refractivity contribution in [3.63, 3.8) is 0 Å². The molecule has 1 aromatic heterocycles. The Hall–Kier alpha value is -2.78. The molecule has 2 unspecified atom stereocenters. The van der Waals surface area contributed by atoms with Crippen LogP contribution in [0.1, 0.15) is 25.5 Å². The maximum absolute atomic E-state index is 12.5. The predicted molar refractivity (Wildman–Crippen MR) is 86.5 cm³/mol. The predicted octanol–water partition coefficient (Wildman–Crippen LogP) is 1.83. The Kier molecular flexibility index (Phi) is 3.37. The molecule has 132 valence electrons. The van der Waals surface area contributed by atoms with Gasteiger partial charge in [-0.05, 0) is 36.3 Å². The summed E-state index contributed by atoms with van der Waals surface area (Å²) in [7, 11) is 1.48. The molecule has 9 heteroatoms. The summed E-state index contributed by atoms with van der Waals surface area (Å²) in [5.74, 6) is 0.940. The van der Waals surface area contributed by atoms with E-state index in [9.17, 15) is 10.3 Å². The lowest BCUT2D eigenvalue weighted by atomic mass is 9.86. The van der Waals surface area contributed by atoms with Crippen molar-refractivity contribution in [2.75, 3.05) is 7.11 Å². The first kappa shape index (κ1) is 15.7. The minimum absolute atomic E-state index is 0.420. The number of allylic oxidation sites excluding steroid dienone is 1. The van der Waals surface area contributed by atoms with Gasteiger partial charge in [-0.3, -0.25) is 5.01 Å². The molecule has 0 fully saturated rings. The SMILES string of the molecule is COC1=CN([O-])N(C2c3cc4nonc4cc3OC(C)(C)C2O)C=C1. The third kappa shape index (κ3) is 2.39. The van der Waals surface area contributed by atoms with Crippen LogP contribution in [-0.2, 0) is 4.74 Å². The van der Waals surface area contributed by atoms with Crippen molar-refractivity contribution in [1.29, 1.82) is 0 Å². The molecule has 0 amide bonds. The molecule has 0 radical (unpaired) electrons. The molecule has 9 nitrogen and oxygen atoms in total. The molecule has 2 aliphatic rings. The lowest BCUT2D eigenvalue weighted by Gasteiger charge is -2.51. The molecule has 4 rings (SSSR count). The summed E-state index contributed by atoms with van der Waals surface area (Å²) < 4.78 is 15.8. The second-order valence-electron chi connectivity index (χ2n) is 6.47. The zero-order valence-corrected chi connectivity index (χ0v) is 13.9. The van der Waals surface area contributed by atoms with E-state index in [4.69, 9.17) is 14.1 Å². The molecule has 1 N–H and O–H groups in total. The van der Waals surface area contributed by atoms with Crippen molar-refractivity contribution < 1.29 is 19.2 Å². The van der Waals surface area contributed by atoms with Crippen molar-refractivity contribution in [2.24, 2.45) is 0 Å². The Morgan fingerprint density at radius 2 is 2.00 bits per heavy atom. The summed E-state index contributed by atoms with van der Waals surface area (Å²) in [5.41, 5.74) is 0.766. The number of aromatic nitrogens is 2. The van der Waals surface area contributed by atoms with Gasteiger partial charge in [0.1, 0.15) is 40.3 Å². The Labute approximate surface area is 143 Å². The average molecular weight is 345 g/mol. The Morgan fingerprint density at radius 1 is 1.28 bits per heavy atom. The third-order valence-electron chi connectivity index (χ3n) is 4.47. The number of benzene rings is 1. The number of fused-ring (bicyclic) bond motifs is 2. The summed E-state index contributed by atoms with van der Waals surface area (Å²) in [4.78, 5) is 0. The van der Waals surface area contributed by atoms with Crippen molar-refractivity contribution in [3.05, 3.63) is 47.1 Å². The minimum atomic E-state index is -0.976. The van der Waals surface area contributed by atoms with Crippen LogP contribution in [0.3, 0.4) is 0 Å². The van der Waals surface area contributed by atoms with Gasteiger partial charge in [0, 0.05) is 17.8 Å². The summed E-state index contributed by atoms with van der Waals surface area (Å²) >= 11 is 0. The summed E-state index contributed by atoms with van der Waals surface area (Å²) in [6.45, 7) is 3.52. The lowest BCUT2D eigenvalue weighted by Crippen LogP contribution is -2.54. The van der Waals surface area contributed by atoms with Crippen LogP contribution in [-0.4, -0.2) is 44.4 Å². The van der Waals surface area contributed by atoms with E-state index in [1.54, 1.807) is 38.3 Å². The van der Waals surface area contributed by atoms with Crippen molar-refractivity contribution in [3.8, 4) is 5.75 Å². The van der Waals surface area contributed by atoms with Gasteiger partial charge in [0.2, 0.25) is 0 Å². The highest BCUT2D eigenvalue weighted by Gasteiger charge is 2.46. The van der Waals surface area contributed by atoms with E-state index >= 15 is 0 Å². The first-order valence-corrected chi connectivity index (χ1v) is 7.72. The number of hydrazine groups is 1. The van der Waals surface area contributed by atoms with Crippen LogP contribution in [0.2, 0.25) is 0 Å². The first-order valence-electron chi connectivity index (χ1n) is 7.72. The number of hydroxylamine groups is 1. The molecule has 25 heavy (non-hydrogen) atoms. The number of aliphatic hydroxyl groups is 1. The number of hydrogen-bond acceptors (Lipinski definition) is 9. The zero-order chi connectivity index (χ0) is 17.8. The van der Waals surface area contributed by atoms with E-state index in [2.05, 4.69) is 10.3 Å². The molecule has 2 aliphatic heterocycles. The van der Waals surface area contributed by atoms with Crippen molar-refractivity contribution in [1.82, 2.24) is 20.5 Å². The largest absolute Gasteiger partial charge is 0.739 e. The second-order valence-corrected chi connectivity index (χ2v) is 6.47. The summed E-state index contributed by atoms with van der Waals surface area (Å²) in [6, 6.07) is 2.73. The number of hydrogen-bond donors (Lipinski definition) is 1. The highest BCUT2D eigenvalue weighted by Crippen LogP contribution is 2.45. The maximum atomic E-state index is 12.5. The first-order chi connectivity index (χ1) is 11.9. The Morgan fingerprint density at radius 3 is 2.68 bits per heavy atom. The summed E-state index contributed by atoms with van der Waals surface area (Å²) in [5, 5.41) is 33.0. The van der Waals surface area contributed by atoms with Crippen molar-refractivity contribution in [2.45, 2.75) is 31.6 Å². The van der Waals surface area contributed by atoms with Gasteiger partial charge < -0.3 is 25.0 Å². The van der Waals surface area contributed by atoms with Gasteiger partial charge in [-0.25, -0.2) is 4.63 Å². The molecule has 0 saturated heterocycles. The fourth-order valence-electron chi connectivity index (χ4n) is 3.10. The average Bonchev–Trinajstić information content (AvgIpc) is 3.02. The van der Waals surface area contributed by atoms with Gasteiger partial charge in [0.05, 0.1) is 13.3 Å². The van der Waals surface area contributed by atoms with Gasteiger partial charge in [-0.2, -0.15) is 0 Å². The van der Waals surface area contributed by atoms with E-state index in [-0.39, 0.29) is 0 Å². The van der Waals surface area contributed by atoms with Crippen LogP contribution >= 0.6 is 0 Å². The number of aliphatic hydroxyl groups excluding tert-OH is 1. The Balaban J connectivity index is 1.84. The molecule has 1 aromatic carbocycles. The van der Waals surface area contributed by atoms with Crippen molar-refractivity contribution >= 4 is 11.0 Å². The van der Waals surface area contributed by atoms with E-state index in [0.717, 1.165) is 0 Å². The zero-order valence-electron chi connectivity index (χ0n) is 13.9. The van der Waals surface area contributed by atoms with E-state index < -0.39 is 17.7 Å². The number of methoxy groups -OCH3 is 1. The highest BCUT2D eigenvalue weighted by molar-refractivity contribution is 5.77. The quantitative estimate of drug-likeness (QED) is 0.872. The van der Waals surface area contributed by atoms with Gasteiger partial charge in [-0.15, -0.1) is 0 Å². The number of ether oxygens (including phenoxy) is 2. The molecule has 2 aromatic rings. The molecular weight excluding hydrogens is 328 g/mol. The highest BCUT2D eigenvalue weighted by atomic mass is 16.6. The van der Waals surface area contributed by atoms with Crippen LogP contribution in [0.15, 0.2) is 41.0 Å². The molecule has 0 bridgehead atoms. The van der Waals surface area contributed by atoms with E-state index in [0.29, 0.717) is 33.3 Å². The molecule has 0 aliphatic carbocycles. The Bertz CT molecular complexity index is 875. The van der Waals surface area contributed by atoms with Crippen LogP contribution in [0.4, 0.5) is 0 Å².